The van der Waals surface area contributed by atoms with Crippen molar-refractivity contribution in [3.8, 4) is 0 Å². The Bertz CT molecular complexity index is 1170. The first-order valence-electron chi connectivity index (χ1n) is 11.7. The van der Waals surface area contributed by atoms with E-state index < -0.39 is 0 Å². The lowest BCUT2D eigenvalue weighted by Gasteiger charge is -2.18. The Morgan fingerprint density at radius 3 is 2.34 bits per heavy atom. The number of likely N-dealkylation sites (tertiary alicyclic amines) is 1. The fourth-order valence-corrected chi connectivity index (χ4v) is 5.69. The Labute approximate surface area is 197 Å². The number of nitrogens with one attached hydrogen (secondary N) is 1. The van der Waals surface area contributed by atoms with Gasteiger partial charge in [-0.2, -0.15) is 0 Å². The third-order valence-electron chi connectivity index (χ3n) is 6.80. The normalized spacial score (nSPS) is 17.3. The molecule has 172 valence electrons. The number of benzene rings is 1. The minimum Gasteiger partial charge on any atom is -0.354 e. The second-order valence-corrected chi connectivity index (χ2v) is 9.89. The number of nitrogens with zero attached hydrogens (tertiary/aromatic N) is 3. The van der Waals surface area contributed by atoms with Gasteiger partial charge >= 0.3 is 0 Å². The molecule has 2 aliphatic rings. The van der Waals surface area contributed by atoms with Crippen LogP contribution in [0.2, 0.25) is 0 Å². The number of fused-ring (bicyclic) bond motifs is 3. The van der Waals surface area contributed by atoms with Crippen molar-refractivity contribution in [1.29, 1.82) is 0 Å². The summed E-state index contributed by atoms with van der Waals surface area (Å²) in [6.45, 7) is 7.20. The summed E-state index contributed by atoms with van der Waals surface area (Å²) in [5.74, 6) is -0.194. The molecule has 6 nitrogen and oxygen atoms in total. The lowest BCUT2D eigenvalue weighted by molar-refractivity contribution is 0.0956. The van der Waals surface area contributed by atoms with Crippen molar-refractivity contribution in [3.63, 3.8) is 0 Å². The van der Waals surface area contributed by atoms with Crippen LogP contribution < -0.4 is 10.9 Å². The van der Waals surface area contributed by atoms with Crippen molar-refractivity contribution >= 4 is 38.3 Å². The average Bonchev–Trinajstić information content (AvgIpc) is 3.56. The lowest BCUT2D eigenvalue weighted by Crippen LogP contribution is -2.30. The highest BCUT2D eigenvalue weighted by Crippen LogP contribution is 2.33. The fraction of sp³-hybridized carbons (Fsp3) is 0.520. The van der Waals surface area contributed by atoms with Crippen LogP contribution in [0.1, 0.15) is 68.9 Å². The Morgan fingerprint density at radius 2 is 1.75 bits per heavy atom. The van der Waals surface area contributed by atoms with Gasteiger partial charge < -0.3 is 14.8 Å². The number of aromatic nitrogens is 2. The maximum atomic E-state index is 13.1. The molecule has 5 rings (SSSR count). The number of hydrogen-bond donors (Lipinski definition) is 1. The van der Waals surface area contributed by atoms with Gasteiger partial charge in [-0.1, -0.05) is 31.0 Å². The number of carbonyl (C=O) groups excluding carboxylic acids is 1. The Balaban J connectivity index is 0.000000260. The van der Waals surface area contributed by atoms with Crippen LogP contribution in [0.3, 0.4) is 0 Å². The van der Waals surface area contributed by atoms with Crippen molar-refractivity contribution in [2.45, 2.75) is 64.5 Å². The monoisotopic (exact) mass is 500 g/mol. The van der Waals surface area contributed by atoms with E-state index in [1.165, 1.54) is 25.9 Å². The molecule has 3 aromatic rings. The molecule has 0 atom stereocenters. The number of para-hydroxylation sites is 1. The summed E-state index contributed by atoms with van der Waals surface area (Å²) in [5.41, 5.74) is 1.83. The molecule has 2 aromatic heterocycles. The van der Waals surface area contributed by atoms with Crippen LogP contribution in [0, 0.1) is 0 Å². The molecule has 1 aliphatic heterocycles. The zero-order chi connectivity index (χ0) is 22.8. The van der Waals surface area contributed by atoms with Crippen molar-refractivity contribution in [2.24, 2.45) is 0 Å². The van der Waals surface area contributed by atoms with Crippen molar-refractivity contribution in [2.75, 3.05) is 20.1 Å². The molecule has 2 fully saturated rings. The molecule has 1 saturated heterocycles. The summed E-state index contributed by atoms with van der Waals surface area (Å²) in [5, 5.41) is 3.63. The van der Waals surface area contributed by atoms with E-state index in [0.717, 1.165) is 47.1 Å². The van der Waals surface area contributed by atoms with Crippen LogP contribution in [-0.4, -0.2) is 46.0 Å². The maximum Gasteiger partial charge on any atom is 0.276 e. The molecule has 7 heteroatoms. The number of rotatable bonds is 3. The highest BCUT2D eigenvalue weighted by Gasteiger charge is 2.25. The molecule has 0 bridgehead atoms. The van der Waals surface area contributed by atoms with Gasteiger partial charge in [0, 0.05) is 30.7 Å². The Kier molecular flexibility index (Phi) is 7.05. The average molecular weight is 501 g/mol. The van der Waals surface area contributed by atoms with Crippen molar-refractivity contribution in [1.82, 2.24) is 19.2 Å². The topological polar surface area (TPSA) is 58.8 Å². The van der Waals surface area contributed by atoms with E-state index in [1.807, 2.05) is 24.3 Å². The van der Waals surface area contributed by atoms with Crippen molar-refractivity contribution < 1.29 is 4.79 Å². The maximum absolute atomic E-state index is 13.1. The molecule has 3 heterocycles. The van der Waals surface area contributed by atoms with Gasteiger partial charge in [-0.3, -0.25) is 14.0 Å². The smallest absolute Gasteiger partial charge is 0.276 e. The first-order valence-corrected chi connectivity index (χ1v) is 12.5. The van der Waals surface area contributed by atoms with Gasteiger partial charge in [-0.15, -0.1) is 0 Å². The summed E-state index contributed by atoms with van der Waals surface area (Å²) >= 11 is 3.59. The van der Waals surface area contributed by atoms with Crippen LogP contribution in [0.15, 0.2) is 39.7 Å². The molecule has 1 amide bonds. The standard InChI is InChI=1S/C18H18BrN3O2.C7H15N/c1-20-17(23)14-10-21(11-6-2-3-7-11)18(24)16-15(19)12-8-4-5-9-13(12)22(14)16;1-7(2)8-5-3-4-6-8/h4-5,8-11H,2-3,6-7H2,1H3,(H,20,23);7H,3-6H2,1-2H3. The molecule has 0 unspecified atom stereocenters. The minimum absolute atomic E-state index is 0.0439. The zero-order valence-corrected chi connectivity index (χ0v) is 20.8. The van der Waals surface area contributed by atoms with E-state index in [0.29, 0.717) is 11.2 Å². The van der Waals surface area contributed by atoms with Crippen molar-refractivity contribution in [3.05, 3.63) is 51.0 Å². The van der Waals surface area contributed by atoms with Gasteiger partial charge in [-0.25, -0.2) is 0 Å². The first-order chi connectivity index (χ1) is 15.4. The van der Waals surface area contributed by atoms with E-state index in [-0.39, 0.29) is 17.5 Å². The predicted molar refractivity (Wildman–Crippen MR) is 134 cm³/mol. The molecule has 1 N–H and O–H groups in total. The van der Waals surface area contributed by atoms with E-state index in [1.54, 1.807) is 22.2 Å². The SMILES string of the molecule is CC(C)N1CCCC1.CNC(=O)c1cn(C2CCCC2)c(=O)c2c(Br)c3ccccc3n12. The predicted octanol–water partition coefficient (Wildman–Crippen LogP) is 4.98. The summed E-state index contributed by atoms with van der Waals surface area (Å²) in [7, 11) is 1.61. The summed E-state index contributed by atoms with van der Waals surface area (Å²) in [6, 6.07) is 8.69. The molecule has 1 saturated carbocycles. The quantitative estimate of drug-likeness (QED) is 0.551. The number of carbonyl (C=O) groups is 1. The lowest BCUT2D eigenvalue weighted by atomic mass is 10.2. The number of halogens is 1. The third kappa shape index (κ3) is 4.25. The van der Waals surface area contributed by atoms with Crippen LogP contribution in [0.4, 0.5) is 0 Å². The molecule has 32 heavy (non-hydrogen) atoms. The minimum atomic E-state index is -0.194. The number of hydrogen-bond acceptors (Lipinski definition) is 3. The van der Waals surface area contributed by atoms with Gasteiger partial charge in [0.1, 0.15) is 11.2 Å². The Hall–Kier alpha value is -2.12. The van der Waals surface area contributed by atoms with Crippen LogP contribution in [-0.2, 0) is 0 Å². The molecule has 1 aromatic carbocycles. The van der Waals surface area contributed by atoms with Gasteiger partial charge in [-0.05, 0) is 74.6 Å². The second kappa shape index (κ2) is 9.79. The summed E-state index contributed by atoms with van der Waals surface area (Å²) in [4.78, 5) is 28.2. The van der Waals surface area contributed by atoms with Gasteiger partial charge in [0.15, 0.2) is 0 Å². The number of amides is 1. The van der Waals surface area contributed by atoms with Crippen LogP contribution in [0.25, 0.3) is 16.4 Å². The summed E-state index contributed by atoms with van der Waals surface area (Å²) < 4.78 is 4.28. The summed E-state index contributed by atoms with van der Waals surface area (Å²) in [6.07, 6.45) is 8.78. The highest BCUT2D eigenvalue weighted by atomic mass is 79.9. The molecular weight excluding hydrogens is 468 g/mol. The van der Waals surface area contributed by atoms with Crippen LogP contribution in [0.5, 0.6) is 0 Å². The third-order valence-corrected chi connectivity index (χ3v) is 7.60. The molecule has 0 spiro atoms. The largest absolute Gasteiger partial charge is 0.354 e. The zero-order valence-electron chi connectivity index (χ0n) is 19.2. The van der Waals surface area contributed by atoms with Crippen LogP contribution >= 0.6 is 15.9 Å². The fourth-order valence-electron chi connectivity index (χ4n) is 5.01. The second-order valence-electron chi connectivity index (χ2n) is 9.10. The van der Waals surface area contributed by atoms with E-state index in [9.17, 15) is 9.59 Å². The first kappa shape index (κ1) is 23.1. The Morgan fingerprint density at radius 1 is 1.09 bits per heavy atom. The van der Waals surface area contributed by atoms with Gasteiger partial charge in [0.05, 0.1) is 9.99 Å². The van der Waals surface area contributed by atoms with E-state index in [4.69, 9.17) is 0 Å². The highest BCUT2D eigenvalue weighted by molar-refractivity contribution is 9.10. The van der Waals surface area contributed by atoms with E-state index in [2.05, 4.69) is 40.0 Å². The molecule has 1 aliphatic carbocycles. The van der Waals surface area contributed by atoms with Gasteiger partial charge in [0.2, 0.25) is 0 Å². The molecule has 0 radical (unpaired) electrons. The van der Waals surface area contributed by atoms with E-state index >= 15 is 0 Å². The van der Waals surface area contributed by atoms with Gasteiger partial charge in [0.25, 0.3) is 11.5 Å². The molecular formula is C25H33BrN4O2.